The van der Waals surface area contributed by atoms with E-state index in [-0.39, 0.29) is 36.7 Å². The highest BCUT2D eigenvalue weighted by Gasteiger charge is 2.19. The molecule has 0 radical (unpaired) electrons. The fourth-order valence-electron chi connectivity index (χ4n) is 3.18. The monoisotopic (exact) mass is 375 g/mol. The molecule has 1 aliphatic heterocycles. The number of hydrogen-bond donors (Lipinski definition) is 2. The first-order valence-corrected chi connectivity index (χ1v) is 8.99. The van der Waals surface area contributed by atoms with Gasteiger partial charge in [0, 0.05) is 44.0 Å². The molecule has 0 spiro atoms. The number of phenols is 1. The molecule has 3 rings (SSSR count). The molecule has 2 aromatic carbocycles. The number of piperazine rings is 1. The van der Waals surface area contributed by atoms with E-state index in [0.717, 1.165) is 31.9 Å². The summed E-state index contributed by atoms with van der Waals surface area (Å²) in [5.74, 6) is -1.08. The highest BCUT2D eigenvalue weighted by molar-refractivity contribution is 5.78. The summed E-state index contributed by atoms with van der Waals surface area (Å²) >= 11 is 0. The summed E-state index contributed by atoms with van der Waals surface area (Å²) in [7, 11) is 0. The third kappa shape index (κ3) is 5.17. The smallest absolute Gasteiger partial charge is 0.234 e. The number of aromatic hydroxyl groups is 1. The van der Waals surface area contributed by atoms with Crippen LogP contribution < -0.4 is 10.2 Å². The predicted octanol–water partition coefficient (Wildman–Crippen LogP) is 2.15. The van der Waals surface area contributed by atoms with Crippen LogP contribution >= 0.6 is 0 Å². The molecule has 5 nitrogen and oxygen atoms in total. The topological polar surface area (TPSA) is 55.8 Å². The lowest BCUT2D eigenvalue weighted by Gasteiger charge is -2.35. The molecule has 144 valence electrons. The lowest BCUT2D eigenvalue weighted by atomic mass is 10.1. The van der Waals surface area contributed by atoms with Crippen molar-refractivity contribution >= 4 is 11.6 Å². The van der Waals surface area contributed by atoms with Crippen molar-refractivity contribution in [2.45, 2.75) is 6.42 Å². The van der Waals surface area contributed by atoms with Gasteiger partial charge in [-0.15, -0.1) is 0 Å². The van der Waals surface area contributed by atoms with Crippen LogP contribution in [0, 0.1) is 11.6 Å². The number of halogens is 2. The van der Waals surface area contributed by atoms with E-state index in [1.165, 1.54) is 18.2 Å². The van der Waals surface area contributed by atoms with Gasteiger partial charge >= 0.3 is 0 Å². The zero-order valence-corrected chi connectivity index (χ0v) is 15.0. The van der Waals surface area contributed by atoms with E-state index in [2.05, 4.69) is 15.1 Å². The van der Waals surface area contributed by atoms with Crippen molar-refractivity contribution in [1.82, 2.24) is 10.2 Å². The zero-order valence-electron chi connectivity index (χ0n) is 15.0. The molecule has 0 saturated carbocycles. The van der Waals surface area contributed by atoms with E-state index < -0.39 is 11.6 Å². The van der Waals surface area contributed by atoms with Crippen LogP contribution in [0.1, 0.15) is 5.56 Å². The van der Waals surface area contributed by atoms with Crippen molar-refractivity contribution in [2.24, 2.45) is 0 Å². The second kappa shape index (κ2) is 8.81. The van der Waals surface area contributed by atoms with Gasteiger partial charge in [-0.3, -0.25) is 9.69 Å². The van der Waals surface area contributed by atoms with E-state index in [9.17, 15) is 18.7 Å². The molecule has 0 aliphatic carbocycles. The lowest BCUT2D eigenvalue weighted by molar-refractivity contribution is -0.122. The average molecular weight is 375 g/mol. The molecule has 7 heteroatoms. The summed E-state index contributed by atoms with van der Waals surface area (Å²) < 4.78 is 27.1. The van der Waals surface area contributed by atoms with Crippen molar-refractivity contribution in [3.05, 3.63) is 59.7 Å². The van der Waals surface area contributed by atoms with Gasteiger partial charge in [-0.05, 0) is 42.8 Å². The van der Waals surface area contributed by atoms with E-state index in [1.807, 2.05) is 12.1 Å². The highest BCUT2D eigenvalue weighted by atomic mass is 19.1. The van der Waals surface area contributed by atoms with Gasteiger partial charge in [0.15, 0.2) is 0 Å². The Balaban J connectivity index is 1.40. The number of hydrogen-bond acceptors (Lipinski definition) is 4. The van der Waals surface area contributed by atoms with E-state index in [4.69, 9.17) is 0 Å². The number of anilines is 1. The van der Waals surface area contributed by atoms with Crippen molar-refractivity contribution in [2.75, 3.05) is 44.2 Å². The third-order valence-electron chi connectivity index (χ3n) is 4.71. The Kier molecular flexibility index (Phi) is 6.24. The number of carbonyl (C=O) groups is 1. The lowest BCUT2D eigenvalue weighted by Crippen LogP contribution is -2.49. The Hall–Kier alpha value is -2.67. The summed E-state index contributed by atoms with van der Waals surface area (Å²) in [5.41, 5.74) is 1.05. The number of rotatable bonds is 6. The average Bonchev–Trinajstić information content (AvgIpc) is 2.65. The maximum atomic E-state index is 13.6. The number of nitrogens with one attached hydrogen (secondary N) is 1. The van der Waals surface area contributed by atoms with Crippen LogP contribution in [0.3, 0.4) is 0 Å². The molecule has 0 aromatic heterocycles. The fourth-order valence-corrected chi connectivity index (χ4v) is 3.18. The van der Waals surface area contributed by atoms with Gasteiger partial charge in [0.1, 0.15) is 17.4 Å². The van der Waals surface area contributed by atoms with Crippen LogP contribution in [0.25, 0.3) is 0 Å². The molecule has 0 unspecified atom stereocenters. The van der Waals surface area contributed by atoms with Gasteiger partial charge < -0.3 is 15.3 Å². The SMILES string of the molecule is O=C(CN1CCN(c2ccc(O)cc2)CC1)NCCc1c(F)cccc1F. The maximum absolute atomic E-state index is 13.6. The molecule has 0 atom stereocenters. The van der Waals surface area contributed by atoms with E-state index >= 15 is 0 Å². The Morgan fingerprint density at radius 2 is 1.63 bits per heavy atom. The first kappa shape index (κ1) is 19.1. The van der Waals surface area contributed by atoms with Gasteiger partial charge in [-0.1, -0.05) is 6.07 Å². The van der Waals surface area contributed by atoms with Crippen LogP contribution in [0.5, 0.6) is 5.75 Å². The van der Waals surface area contributed by atoms with Gasteiger partial charge in [-0.2, -0.15) is 0 Å². The van der Waals surface area contributed by atoms with Crippen LogP contribution in [-0.2, 0) is 11.2 Å². The highest BCUT2D eigenvalue weighted by Crippen LogP contribution is 2.19. The summed E-state index contributed by atoms with van der Waals surface area (Å²) in [4.78, 5) is 16.3. The first-order chi connectivity index (χ1) is 13.0. The molecule has 2 aromatic rings. The minimum atomic E-state index is -0.588. The number of carbonyl (C=O) groups excluding carboxylic acids is 1. The molecule has 2 N–H and O–H groups in total. The second-order valence-corrected chi connectivity index (χ2v) is 6.58. The molecule has 1 aliphatic rings. The standard InChI is InChI=1S/C20H23F2N3O2/c21-18-2-1-3-19(22)17(18)8-9-23-20(27)14-24-10-12-25(13-11-24)15-4-6-16(26)7-5-15/h1-7,26H,8-14H2,(H,23,27). The normalized spacial score (nSPS) is 15.0. The van der Waals surface area contributed by atoms with Crippen molar-refractivity contribution < 1.29 is 18.7 Å². The van der Waals surface area contributed by atoms with Gasteiger partial charge in [0.25, 0.3) is 0 Å². The minimum absolute atomic E-state index is 0.000289. The fraction of sp³-hybridized carbons (Fsp3) is 0.350. The Bertz CT molecular complexity index is 755. The number of benzene rings is 2. The number of amides is 1. The first-order valence-electron chi connectivity index (χ1n) is 8.99. The van der Waals surface area contributed by atoms with Crippen LogP contribution in [0.15, 0.2) is 42.5 Å². The second-order valence-electron chi connectivity index (χ2n) is 6.58. The van der Waals surface area contributed by atoms with Crippen LogP contribution in [0.4, 0.5) is 14.5 Å². The summed E-state index contributed by atoms with van der Waals surface area (Å²) in [5, 5.41) is 12.1. The summed E-state index contributed by atoms with van der Waals surface area (Å²) in [6.07, 6.45) is 0.124. The van der Waals surface area contributed by atoms with Crippen molar-refractivity contribution in [3.63, 3.8) is 0 Å². The Morgan fingerprint density at radius 3 is 2.26 bits per heavy atom. The quantitative estimate of drug-likeness (QED) is 0.813. The molecule has 1 amide bonds. The Morgan fingerprint density at radius 1 is 1.00 bits per heavy atom. The molecule has 1 heterocycles. The maximum Gasteiger partial charge on any atom is 0.234 e. The largest absolute Gasteiger partial charge is 0.508 e. The summed E-state index contributed by atoms with van der Waals surface area (Å²) in [6, 6.07) is 10.8. The predicted molar refractivity (Wildman–Crippen MR) is 99.8 cm³/mol. The third-order valence-corrected chi connectivity index (χ3v) is 4.71. The molecule has 1 fully saturated rings. The number of phenolic OH excluding ortho intramolecular Hbond substituents is 1. The van der Waals surface area contributed by atoms with E-state index in [0.29, 0.717) is 0 Å². The Labute approximate surface area is 157 Å². The summed E-state index contributed by atoms with van der Waals surface area (Å²) in [6.45, 7) is 3.54. The molecular weight excluding hydrogens is 352 g/mol. The van der Waals surface area contributed by atoms with Crippen molar-refractivity contribution in [1.29, 1.82) is 0 Å². The molecular formula is C20H23F2N3O2. The van der Waals surface area contributed by atoms with Gasteiger partial charge in [0.05, 0.1) is 6.54 Å². The minimum Gasteiger partial charge on any atom is -0.508 e. The van der Waals surface area contributed by atoms with Crippen molar-refractivity contribution in [3.8, 4) is 5.75 Å². The van der Waals surface area contributed by atoms with Gasteiger partial charge in [-0.25, -0.2) is 8.78 Å². The molecule has 0 bridgehead atoms. The van der Waals surface area contributed by atoms with Gasteiger partial charge in [0.2, 0.25) is 5.91 Å². The van der Waals surface area contributed by atoms with Crippen LogP contribution in [0.2, 0.25) is 0 Å². The molecule has 27 heavy (non-hydrogen) atoms. The number of nitrogens with zero attached hydrogens (tertiary/aromatic N) is 2. The molecule has 1 saturated heterocycles. The van der Waals surface area contributed by atoms with E-state index in [1.54, 1.807) is 12.1 Å². The zero-order chi connectivity index (χ0) is 19.2. The van der Waals surface area contributed by atoms with Crippen LogP contribution in [-0.4, -0.2) is 55.2 Å².